The summed E-state index contributed by atoms with van der Waals surface area (Å²) in [5, 5.41) is 12.3. The number of rotatable bonds is 1. The molecule has 0 amide bonds. The Kier molecular flexibility index (Phi) is 6.19. The van der Waals surface area contributed by atoms with Gasteiger partial charge < -0.3 is 5.11 Å². The molecule has 0 heterocycles. The van der Waals surface area contributed by atoms with Crippen molar-refractivity contribution in [3.8, 4) is 5.75 Å². The first-order chi connectivity index (χ1) is 6.77. The van der Waals surface area contributed by atoms with Gasteiger partial charge in [0.05, 0.1) is 0 Å². The van der Waals surface area contributed by atoms with E-state index in [2.05, 4.69) is 0 Å². The molecule has 76 valence electrons. The van der Waals surface area contributed by atoms with Crippen molar-refractivity contribution in [1.29, 1.82) is 0 Å². The van der Waals surface area contributed by atoms with Gasteiger partial charge in [-0.3, -0.25) is 0 Å². The molecule has 1 aliphatic rings. The molecule has 0 N–H and O–H groups in total. The van der Waals surface area contributed by atoms with Crippen molar-refractivity contribution in [3.63, 3.8) is 0 Å². The van der Waals surface area contributed by atoms with Crippen molar-refractivity contribution < 1.29 is 56.5 Å². The first kappa shape index (κ1) is 14.0. The maximum Gasteiger partial charge on any atom is 1.00 e. The quantitative estimate of drug-likeness (QED) is 0.663. The van der Waals surface area contributed by atoms with Gasteiger partial charge in [0, 0.05) is 5.02 Å². The van der Waals surface area contributed by atoms with Crippen molar-refractivity contribution in [2.75, 3.05) is 0 Å². The molecule has 15 heavy (non-hydrogen) atoms. The summed E-state index contributed by atoms with van der Waals surface area (Å²) in [6.07, 6.45) is 6.10. The average molecular weight is 249 g/mol. The summed E-state index contributed by atoms with van der Waals surface area (Å²) in [4.78, 5) is 0. The predicted octanol–water partition coefficient (Wildman–Crippen LogP) is 0.465. The third kappa shape index (κ3) is 3.72. The van der Waals surface area contributed by atoms with Crippen LogP contribution in [0, 0.1) is 0 Å². The van der Waals surface area contributed by atoms with Gasteiger partial charge in [0.1, 0.15) is 0 Å². The number of halogens is 1. The predicted molar refractivity (Wildman–Crippen MR) is 56.7 cm³/mol. The van der Waals surface area contributed by atoms with Crippen molar-refractivity contribution in [1.82, 2.24) is 0 Å². The summed E-state index contributed by atoms with van der Waals surface area (Å²) in [7, 11) is 0. The second kappa shape index (κ2) is 6.63. The molecule has 1 nitrogen and oxygen atoms in total. The zero-order valence-electron chi connectivity index (χ0n) is 9.13. The molecular weight excluding hydrogens is 235 g/mol. The zero-order chi connectivity index (χ0) is 9.97. The van der Waals surface area contributed by atoms with Crippen LogP contribution in [-0.2, 0) is 0 Å². The Morgan fingerprint density at radius 2 is 1.80 bits per heavy atom. The van der Waals surface area contributed by atoms with E-state index in [1.54, 1.807) is 12.1 Å². The average Bonchev–Trinajstić information content (AvgIpc) is 2.23. The van der Waals surface area contributed by atoms with E-state index in [1.807, 2.05) is 6.07 Å². The maximum atomic E-state index is 11.6. The van der Waals surface area contributed by atoms with Crippen LogP contribution in [-0.4, -0.2) is 0 Å². The zero-order valence-corrected chi connectivity index (χ0v) is 13.0. The van der Waals surface area contributed by atoms with Crippen LogP contribution >= 0.6 is 11.6 Å². The number of benzene rings is 1. The first-order valence-corrected chi connectivity index (χ1v) is 5.61. The van der Waals surface area contributed by atoms with E-state index >= 15 is 0 Å². The Morgan fingerprint density at radius 3 is 2.47 bits per heavy atom. The summed E-state index contributed by atoms with van der Waals surface area (Å²) in [6.45, 7) is 0. The Bertz CT molecular complexity index is 321. The molecule has 0 spiro atoms. The Morgan fingerprint density at radius 1 is 1.13 bits per heavy atom. The molecule has 1 aromatic carbocycles. The summed E-state index contributed by atoms with van der Waals surface area (Å²) >= 11 is 5.90. The molecule has 1 fully saturated rings. The van der Waals surface area contributed by atoms with E-state index in [9.17, 15) is 5.11 Å². The van der Waals surface area contributed by atoms with Gasteiger partial charge in [-0.05, 0) is 30.9 Å². The van der Waals surface area contributed by atoms with Gasteiger partial charge in [0.2, 0.25) is 0 Å². The third-order valence-corrected chi connectivity index (χ3v) is 3.25. The van der Waals surface area contributed by atoms with Crippen molar-refractivity contribution in [2.24, 2.45) is 0 Å². The van der Waals surface area contributed by atoms with E-state index in [-0.39, 0.29) is 57.1 Å². The number of hydrogen-bond acceptors (Lipinski definition) is 1. The van der Waals surface area contributed by atoms with Crippen molar-refractivity contribution in [3.05, 3.63) is 28.8 Å². The molecule has 0 aliphatic heterocycles. The number of hydrogen-bond donors (Lipinski definition) is 0. The standard InChI is InChI=1S/C12H15ClO.K/c13-10-6-7-12(14)11(8-10)9-4-2-1-3-5-9;/h6-9,14H,1-5H2;/q;+1/p-1. The summed E-state index contributed by atoms with van der Waals surface area (Å²) in [6, 6.07) is 5.11. The minimum atomic E-state index is 0. The van der Waals surface area contributed by atoms with E-state index in [4.69, 9.17) is 11.6 Å². The van der Waals surface area contributed by atoms with Crippen LogP contribution in [0.25, 0.3) is 0 Å². The molecule has 0 aromatic heterocycles. The van der Waals surface area contributed by atoms with Crippen LogP contribution in [0.4, 0.5) is 0 Å². The van der Waals surface area contributed by atoms with Crippen LogP contribution in [0.2, 0.25) is 5.02 Å². The second-order valence-corrected chi connectivity index (χ2v) is 4.45. The largest absolute Gasteiger partial charge is 1.00 e. The van der Waals surface area contributed by atoms with E-state index < -0.39 is 0 Å². The molecule has 0 atom stereocenters. The molecule has 0 bridgehead atoms. The van der Waals surface area contributed by atoms with Gasteiger partial charge in [0.15, 0.2) is 0 Å². The summed E-state index contributed by atoms with van der Waals surface area (Å²) < 4.78 is 0. The van der Waals surface area contributed by atoms with Crippen LogP contribution in [0.3, 0.4) is 0 Å². The van der Waals surface area contributed by atoms with Crippen LogP contribution in [0.1, 0.15) is 43.6 Å². The van der Waals surface area contributed by atoms with Crippen molar-refractivity contribution >= 4 is 11.6 Å². The van der Waals surface area contributed by atoms with Gasteiger partial charge in [-0.2, -0.15) is 0 Å². The fourth-order valence-electron chi connectivity index (χ4n) is 2.25. The fraction of sp³-hybridized carbons (Fsp3) is 0.500. The molecule has 3 heteroatoms. The van der Waals surface area contributed by atoms with Gasteiger partial charge in [-0.15, -0.1) is 5.75 Å². The SMILES string of the molecule is [K+].[O-]c1ccc(Cl)cc1C1CCCCC1. The smallest absolute Gasteiger partial charge is 0.872 e. The third-order valence-electron chi connectivity index (χ3n) is 3.02. The minimum absolute atomic E-state index is 0. The van der Waals surface area contributed by atoms with E-state index in [1.165, 1.54) is 19.3 Å². The van der Waals surface area contributed by atoms with Crippen LogP contribution < -0.4 is 56.5 Å². The topological polar surface area (TPSA) is 23.1 Å². The molecule has 1 aromatic rings. The summed E-state index contributed by atoms with van der Waals surface area (Å²) in [5.41, 5.74) is 0.928. The molecule has 0 saturated heterocycles. The van der Waals surface area contributed by atoms with Gasteiger partial charge in [-0.25, -0.2) is 0 Å². The van der Waals surface area contributed by atoms with Crippen molar-refractivity contribution in [2.45, 2.75) is 38.0 Å². The van der Waals surface area contributed by atoms with Gasteiger partial charge in [-0.1, -0.05) is 42.5 Å². The second-order valence-electron chi connectivity index (χ2n) is 4.02. The van der Waals surface area contributed by atoms with E-state index in [0.29, 0.717) is 10.9 Å². The Labute approximate surface area is 139 Å². The maximum absolute atomic E-state index is 11.6. The van der Waals surface area contributed by atoms with Crippen LogP contribution in [0.15, 0.2) is 18.2 Å². The minimum Gasteiger partial charge on any atom is -0.872 e. The van der Waals surface area contributed by atoms with E-state index in [0.717, 1.165) is 18.4 Å². The van der Waals surface area contributed by atoms with Crippen LogP contribution in [0.5, 0.6) is 5.75 Å². The first-order valence-electron chi connectivity index (χ1n) is 5.24. The molecule has 1 aliphatic carbocycles. The normalized spacial score (nSPS) is 17.1. The van der Waals surface area contributed by atoms with Gasteiger partial charge >= 0.3 is 51.4 Å². The Balaban J connectivity index is 0.00000112. The Hall–Kier alpha value is 0.946. The molecule has 1 saturated carbocycles. The monoisotopic (exact) mass is 248 g/mol. The molecule has 0 radical (unpaired) electrons. The molecular formula is C12H14ClKO. The molecule has 2 rings (SSSR count). The summed E-state index contributed by atoms with van der Waals surface area (Å²) in [5.74, 6) is 0.608. The molecule has 0 unspecified atom stereocenters. The fourth-order valence-corrected chi connectivity index (χ4v) is 2.43. The van der Waals surface area contributed by atoms with Gasteiger partial charge in [0.25, 0.3) is 0 Å².